The van der Waals surface area contributed by atoms with E-state index in [1.54, 1.807) is 0 Å². The highest BCUT2D eigenvalue weighted by Crippen LogP contribution is 2.22. The molecule has 0 fully saturated rings. The van der Waals surface area contributed by atoms with Crippen LogP contribution in [0, 0.1) is 25.2 Å². The number of aromatic nitrogens is 1. The van der Waals surface area contributed by atoms with E-state index < -0.39 is 0 Å². The molecule has 0 spiro atoms. The molecule has 92 valence electrons. The Bertz CT molecular complexity index is 420. The molecule has 1 N–H and O–H groups in total. The van der Waals surface area contributed by atoms with Crippen molar-refractivity contribution in [3.63, 3.8) is 0 Å². The van der Waals surface area contributed by atoms with Crippen LogP contribution in [0.15, 0.2) is 6.07 Å². The first-order valence-corrected chi connectivity index (χ1v) is 5.84. The lowest BCUT2D eigenvalue weighted by Crippen LogP contribution is -2.23. The Kier molecular flexibility index (Phi) is 4.92. The number of aryl methyl sites for hydroxylation is 2. The van der Waals surface area contributed by atoms with E-state index in [1.807, 2.05) is 34.0 Å². The van der Waals surface area contributed by atoms with Gasteiger partial charge in [-0.15, -0.1) is 0 Å². The molecule has 0 atom stereocenters. The average Bonchev–Trinajstić information content (AvgIpc) is 2.28. The lowest BCUT2D eigenvalue weighted by atomic mass is 10.1. The first-order chi connectivity index (χ1) is 8.10. The second kappa shape index (κ2) is 6.21. The number of anilines is 1. The zero-order valence-electron chi connectivity index (χ0n) is 11.0. The van der Waals surface area contributed by atoms with E-state index in [2.05, 4.69) is 21.3 Å². The van der Waals surface area contributed by atoms with Crippen LogP contribution in [0.3, 0.4) is 0 Å². The predicted molar refractivity (Wildman–Crippen MR) is 70.2 cm³/mol. The number of nitriles is 1. The summed E-state index contributed by atoms with van der Waals surface area (Å²) in [6.07, 6.45) is 1.05. The molecule has 0 radical (unpaired) electrons. The molecule has 17 heavy (non-hydrogen) atoms. The predicted octanol–water partition coefficient (Wildman–Crippen LogP) is 1.62. The Morgan fingerprint density at radius 1 is 1.47 bits per heavy atom. The third-order valence-corrected chi connectivity index (χ3v) is 2.75. The summed E-state index contributed by atoms with van der Waals surface area (Å²) in [4.78, 5) is 6.44. The van der Waals surface area contributed by atoms with E-state index >= 15 is 0 Å². The van der Waals surface area contributed by atoms with E-state index in [0.717, 1.165) is 36.6 Å². The van der Waals surface area contributed by atoms with Gasteiger partial charge in [-0.3, -0.25) is 4.98 Å². The Morgan fingerprint density at radius 3 is 2.76 bits per heavy atom. The quantitative estimate of drug-likeness (QED) is 0.784. The summed E-state index contributed by atoms with van der Waals surface area (Å²) in [6.45, 7) is 5.75. The maximum absolute atomic E-state index is 9.18. The van der Waals surface area contributed by atoms with Gasteiger partial charge in [-0.2, -0.15) is 5.26 Å². The monoisotopic (exact) mass is 232 g/mol. The maximum atomic E-state index is 9.18. The zero-order chi connectivity index (χ0) is 12.8. The molecule has 1 aromatic heterocycles. The molecule has 1 heterocycles. The second-order valence-corrected chi connectivity index (χ2v) is 4.23. The first kappa shape index (κ1) is 13.5. The molecule has 1 rings (SSSR count). The number of pyridine rings is 1. The molecule has 0 amide bonds. The minimum absolute atomic E-state index is 0.683. The van der Waals surface area contributed by atoms with Gasteiger partial charge in [0.2, 0.25) is 0 Å². The number of nitrogens with zero attached hydrogens (tertiary/aromatic N) is 3. The van der Waals surface area contributed by atoms with Gasteiger partial charge in [-0.25, -0.2) is 0 Å². The van der Waals surface area contributed by atoms with Crippen LogP contribution >= 0.6 is 0 Å². The minimum atomic E-state index is 0.683. The van der Waals surface area contributed by atoms with Gasteiger partial charge in [0.15, 0.2) is 0 Å². The SMILES string of the molecule is CNCCCN(C)c1cc(C)nc(C)c1C#N. The highest BCUT2D eigenvalue weighted by atomic mass is 15.1. The Hall–Kier alpha value is -1.60. The van der Waals surface area contributed by atoms with Crippen LogP contribution in [0.5, 0.6) is 0 Å². The summed E-state index contributed by atoms with van der Waals surface area (Å²) in [5.74, 6) is 0. The maximum Gasteiger partial charge on any atom is 0.103 e. The summed E-state index contributed by atoms with van der Waals surface area (Å²) in [5, 5.41) is 12.3. The van der Waals surface area contributed by atoms with Gasteiger partial charge in [0.25, 0.3) is 0 Å². The fourth-order valence-corrected chi connectivity index (χ4v) is 1.86. The molecule has 1 aromatic rings. The second-order valence-electron chi connectivity index (χ2n) is 4.23. The van der Waals surface area contributed by atoms with Gasteiger partial charge in [0.1, 0.15) is 6.07 Å². The molecular weight excluding hydrogens is 212 g/mol. The van der Waals surface area contributed by atoms with Crippen molar-refractivity contribution < 1.29 is 0 Å². The van der Waals surface area contributed by atoms with Crippen molar-refractivity contribution in [2.75, 3.05) is 32.1 Å². The van der Waals surface area contributed by atoms with Crippen molar-refractivity contribution in [2.24, 2.45) is 0 Å². The van der Waals surface area contributed by atoms with Crippen LogP contribution < -0.4 is 10.2 Å². The van der Waals surface area contributed by atoms with Gasteiger partial charge >= 0.3 is 0 Å². The van der Waals surface area contributed by atoms with E-state index in [9.17, 15) is 5.26 Å². The number of hydrogen-bond acceptors (Lipinski definition) is 4. The zero-order valence-corrected chi connectivity index (χ0v) is 11.0. The Balaban J connectivity index is 2.92. The molecule has 0 saturated carbocycles. The number of rotatable bonds is 5. The average molecular weight is 232 g/mol. The van der Waals surface area contributed by atoms with Crippen LogP contribution in [0.1, 0.15) is 23.4 Å². The van der Waals surface area contributed by atoms with Crippen LogP contribution in [-0.2, 0) is 0 Å². The molecule has 4 nitrogen and oxygen atoms in total. The smallest absolute Gasteiger partial charge is 0.103 e. The largest absolute Gasteiger partial charge is 0.373 e. The van der Waals surface area contributed by atoms with E-state index in [-0.39, 0.29) is 0 Å². The lowest BCUT2D eigenvalue weighted by molar-refractivity contribution is 0.712. The molecule has 0 bridgehead atoms. The molecule has 0 saturated heterocycles. The Morgan fingerprint density at radius 2 is 2.18 bits per heavy atom. The summed E-state index contributed by atoms with van der Waals surface area (Å²) in [7, 11) is 3.96. The molecular formula is C13H20N4. The van der Waals surface area contributed by atoms with E-state index in [4.69, 9.17) is 0 Å². The van der Waals surface area contributed by atoms with Crippen LogP contribution in [0.4, 0.5) is 5.69 Å². The van der Waals surface area contributed by atoms with Crippen LogP contribution in [-0.4, -0.2) is 32.2 Å². The van der Waals surface area contributed by atoms with Gasteiger partial charge in [0.05, 0.1) is 16.9 Å². The fourth-order valence-electron chi connectivity index (χ4n) is 1.86. The van der Waals surface area contributed by atoms with Crippen molar-refractivity contribution in [1.29, 1.82) is 5.26 Å². The molecule has 0 aliphatic carbocycles. The van der Waals surface area contributed by atoms with E-state index in [1.165, 1.54) is 0 Å². The number of hydrogen-bond donors (Lipinski definition) is 1. The van der Waals surface area contributed by atoms with Crippen molar-refractivity contribution in [1.82, 2.24) is 10.3 Å². The Labute approximate surface area is 103 Å². The fraction of sp³-hybridized carbons (Fsp3) is 0.538. The number of nitrogens with one attached hydrogen (secondary N) is 1. The lowest BCUT2D eigenvalue weighted by Gasteiger charge is -2.21. The normalized spacial score (nSPS) is 10.1. The summed E-state index contributed by atoms with van der Waals surface area (Å²) >= 11 is 0. The summed E-state index contributed by atoms with van der Waals surface area (Å²) in [6, 6.07) is 4.22. The highest BCUT2D eigenvalue weighted by molar-refractivity contribution is 5.61. The van der Waals surface area contributed by atoms with Gasteiger partial charge < -0.3 is 10.2 Å². The standard InChI is InChI=1S/C13H20N4/c1-10-8-13(12(9-14)11(2)16-10)17(4)7-5-6-15-3/h8,15H,5-7H2,1-4H3. The summed E-state index contributed by atoms with van der Waals surface area (Å²) in [5.41, 5.74) is 3.43. The van der Waals surface area contributed by atoms with Gasteiger partial charge in [0, 0.05) is 19.3 Å². The van der Waals surface area contributed by atoms with Crippen molar-refractivity contribution in [3.05, 3.63) is 23.0 Å². The minimum Gasteiger partial charge on any atom is -0.373 e. The highest BCUT2D eigenvalue weighted by Gasteiger charge is 2.11. The third kappa shape index (κ3) is 3.43. The van der Waals surface area contributed by atoms with Crippen LogP contribution in [0.2, 0.25) is 0 Å². The van der Waals surface area contributed by atoms with Crippen molar-refractivity contribution >= 4 is 5.69 Å². The first-order valence-electron chi connectivity index (χ1n) is 5.84. The topological polar surface area (TPSA) is 52.0 Å². The molecule has 0 aliphatic rings. The molecule has 0 unspecified atom stereocenters. The van der Waals surface area contributed by atoms with Gasteiger partial charge in [-0.1, -0.05) is 0 Å². The molecule has 0 aromatic carbocycles. The van der Waals surface area contributed by atoms with Gasteiger partial charge in [-0.05, 0) is 39.9 Å². The van der Waals surface area contributed by atoms with Crippen molar-refractivity contribution in [3.8, 4) is 6.07 Å². The van der Waals surface area contributed by atoms with Crippen molar-refractivity contribution in [2.45, 2.75) is 20.3 Å². The van der Waals surface area contributed by atoms with Crippen LogP contribution in [0.25, 0.3) is 0 Å². The van der Waals surface area contributed by atoms with E-state index in [0.29, 0.717) is 5.56 Å². The molecule has 0 aliphatic heterocycles. The third-order valence-electron chi connectivity index (χ3n) is 2.75. The summed E-state index contributed by atoms with van der Waals surface area (Å²) < 4.78 is 0. The molecule has 4 heteroatoms.